The summed E-state index contributed by atoms with van der Waals surface area (Å²) in [5.41, 5.74) is 2.17. The zero-order valence-electron chi connectivity index (χ0n) is 10.5. The first kappa shape index (κ1) is 14.7. The number of benzene rings is 2. The molecule has 1 nitrogen and oxygen atoms in total. The van der Waals surface area contributed by atoms with E-state index in [0.29, 0.717) is 11.0 Å². The first-order chi connectivity index (χ1) is 9.08. The molecule has 100 valence electrons. The van der Waals surface area contributed by atoms with Gasteiger partial charge in [0.1, 0.15) is 5.82 Å². The van der Waals surface area contributed by atoms with Crippen LogP contribution in [0, 0.1) is 5.82 Å². The lowest BCUT2D eigenvalue weighted by Gasteiger charge is -2.18. The van der Waals surface area contributed by atoms with Crippen LogP contribution in [0.5, 0.6) is 0 Å². The molecule has 0 unspecified atom stereocenters. The topological polar surface area (TPSA) is 3.24 Å². The minimum Gasteiger partial charge on any atom is -0.298 e. The second-order valence-corrected chi connectivity index (χ2v) is 6.12. The van der Waals surface area contributed by atoms with E-state index in [1.54, 1.807) is 6.07 Å². The van der Waals surface area contributed by atoms with Crippen molar-refractivity contribution in [1.29, 1.82) is 0 Å². The third-order valence-corrected chi connectivity index (χ3v) is 4.53. The van der Waals surface area contributed by atoms with Crippen molar-refractivity contribution in [2.45, 2.75) is 13.1 Å². The fourth-order valence-electron chi connectivity index (χ4n) is 1.93. The molecule has 0 aromatic heterocycles. The summed E-state index contributed by atoms with van der Waals surface area (Å²) < 4.78 is 15.1. The summed E-state index contributed by atoms with van der Waals surface area (Å²) in [5.74, 6) is -0.216. The van der Waals surface area contributed by atoms with Gasteiger partial charge in [-0.05, 0) is 46.2 Å². The highest BCUT2D eigenvalue weighted by Gasteiger charge is 2.09. The summed E-state index contributed by atoms with van der Waals surface area (Å²) >= 11 is 6.84. The fourth-order valence-corrected chi connectivity index (χ4v) is 2.73. The number of rotatable bonds is 4. The van der Waals surface area contributed by atoms with Crippen molar-refractivity contribution in [3.05, 3.63) is 68.4 Å². The van der Waals surface area contributed by atoms with Crippen LogP contribution in [0.4, 0.5) is 4.39 Å². The minimum absolute atomic E-state index is 0.216. The van der Waals surface area contributed by atoms with Gasteiger partial charge in [0.15, 0.2) is 0 Å². The summed E-state index contributed by atoms with van der Waals surface area (Å²) in [5, 5.41) is 0. The van der Waals surface area contributed by atoms with E-state index < -0.39 is 0 Å². The molecule has 2 aromatic rings. The van der Waals surface area contributed by atoms with Crippen LogP contribution in [-0.2, 0) is 13.1 Å². The summed E-state index contributed by atoms with van der Waals surface area (Å²) in [6, 6.07) is 13.3. The van der Waals surface area contributed by atoms with Crippen LogP contribution in [0.1, 0.15) is 11.1 Å². The molecule has 0 spiro atoms. The second kappa shape index (κ2) is 6.64. The van der Waals surface area contributed by atoms with Gasteiger partial charge in [0, 0.05) is 17.6 Å². The standard InChI is InChI=1S/C15H14Br2FN/c1-19(9-11-5-2-3-7-13(11)16)10-12-6-4-8-14(18)15(12)17/h2-8H,9-10H2,1H3. The Hall–Kier alpha value is -0.710. The van der Waals surface area contributed by atoms with Gasteiger partial charge in [0.2, 0.25) is 0 Å². The number of hydrogen-bond acceptors (Lipinski definition) is 1. The summed E-state index contributed by atoms with van der Waals surface area (Å²) in [4.78, 5) is 2.15. The number of hydrogen-bond donors (Lipinski definition) is 0. The molecule has 0 atom stereocenters. The lowest BCUT2D eigenvalue weighted by atomic mass is 10.2. The second-order valence-electron chi connectivity index (χ2n) is 4.48. The van der Waals surface area contributed by atoms with Crippen molar-refractivity contribution >= 4 is 31.9 Å². The van der Waals surface area contributed by atoms with E-state index in [2.05, 4.69) is 42.8 Å². The highest BCUT2D eigenvalue weighted by atomic mass is 79.9. The molecular formula is C15H14Br2FN. The zero-order chi connectivity index (χ0) is 13.8. The Morgan fingerprint density at radius 1 is 0.947 bits per heavy atom. The molecular weight excluding hydrogens is 373 g/mol. The van der Waals surface area contributed by atoms with Gasteiger partial charge in [-0.15, -0.1) is 0 Å². The van der Waals surface area contributed by atoms with E-state index in [0.717, 1.165) is 16.6 Å². The van der Waals surface area contributed by atoms with Crippen LogP contribution in [0.3, 0.4) is 0 Å². The predicted octanol–water partition coefficient (Wildman–Crippen LogP) is 4.98. The fraction of sp³-hybridized carbons (Fsp3) is 0.200. The van der Waals surface area contributed by atoms with Crippen LogP contribution >= 0.6 is 31.9 Å². The predicted molar refractivity (Wildman–Crippen MR) is 83.4 cm³/mol. The van der Waals surface area contributed by atoms with Crippen molar-refractivity contribution in [2.24, 2.45) is 0 Å². The summed E-state index contributed by atoms with van der Waals surface area (Å²) in [6.07, 6.45) is 0. The van der Waals surface area contributed by atoms with Crippen LogP contribution in [0.15, 0.2) is 51.4 Å². The third kappa shape index (κ3) is 3.88. The van der Waals surface area contributed by atoms with E-state index in [1.165, 1.54) is 11.6 Å². The lowest BCUT2D eigenvalue weighted by molar-refractivity contribution is 0.317. The Kier molecular flexibility index (Phi) is 5.13. The minimum atomic E-state index is -0.216. The van der Waals surface area contributed by atoms with E-state index in [4.69, 9.17) is 0 Å². The quantitative estimate of drug-likeness (QED) is 0.715. The van der Waals surface area contributed by atoms with Gasteiger partial charge in [0.05, 0.1) is 4.47 Å². The molecule has 0 amide bonds. The average molecular weight is 387 g/mol. The Morgan fingerprint density at radius 3 is 2.32 bits per heavy atom. The monoisotopic (exact) mass is 385 g/mol. The van der Waals surface area contributed by atoms with Gasteiger partial charge in [-0.25, -0.2) is 4.39 Å². The zero-order valence-corrected chi connectivity index (χ0v) is 13.7. The highest BCUT2D eigenvalue weighted by Crippen LogP contribution is 2.23. The lowest BCUT2D eigenvalue weighted by Crippen LogP contribution is -2.18. The number of nitrogens with zero attached hydrogens (tertiary/aromatic N) is 1. The van der Waals surface area contributed by atoms with Gasteiger partial charge in [-0.1, -0.05) is 46.3 Å². The van der Waals surface area contributed by atoms with Crippen molar-refractivity contribution in [3.63, 3.8) is 0 Å². The molecule has 4 heteroatoms. The Morgan fingerprint density at radius 2 is 1.58 bits per heavy atom. The van der Waals surface area contributed by atoms with Gasteiger partial charge in [-0.2, -0.15) is 0 Å². The first-order valence-corrected chi connectivity index (χ1v) is 7.51. The Labute approximate surface area is 129 Å². The Bertz CT molecular complexity index is 572. The molecule has 19 heavy (non-hydrogen) atoms. The molecule has 0 fully saturated rings. The van der Waals surface area contributed by atoms with Gasteiger partial charge in [-0.3, -0.25) is 4.90 Å². The van der Waals surface area contributed by atoms with Crippen LogP contribution in [-0.4, -0.2) is 11.9 Å². The molecule has 2 aromatic carbocycles. The molecule has 0 aliphatic rings. The largest absolute Gasteiger partial charge is 0.298 e. The molecule has 2 rings (SSSR count). The van der Waals surface area contributed by atoms with E-state index in [1.807, 2.05) is 31.3 Å². The molecule has 0 saturated carbocycles. The molecule has 0 aliphatic heterocycles. The van der Waals surface area contributed by atoms with Gasteiger partial charge >= 0.3 is 0 Å². The maximum absolute atomic E-state index is 13.4. The molecule has 0 N–H and O–H groups in total. The molecule has 0 saturated heterocycles. The number of halogens is 3. The third-order valence-electron chi connectivity index (χ3n) is 2.87. The summed E-state index contributed by atoms with van der Waals surface area (Å²) in [7, 11) is 2.02. The average Bonchev–Trinajstić information content (AvgIpc) is 2.38. The molecule has 0 bridgehead atoms. The highest BCUT2D eigenvalue weighted by molar-refractivity contribution is 9.10. The SMILES string of the molecule is CN(Cc1ccccc1Br)Cc1cccc(F)c1Br. The van der Waals surface area contributed by atoms with Crippen LogP contribution < -0.4 is 0 Å². The van der Waals surface area contributed by atoms with Crippen molar-refractivity contribution in [2.75, 3.05) is 7.05 Å². The van der Waals surface area contributed by atoms with E-state index in [-0.39, 0.29) is 5.82 Å². The van der Waals surface area contributed by atoms with Crippen LogP contribution in [0.2, 0.25) is 0 Å². The first-order valence-electron chi connectivity index (χ1n) is 5.93. The maximum atomic E-state index is 13.4. The van der Waals surface area contributed by atoms with Crippen molar-refractivity contribution in [3.8, 4) is 0 Å². The normalized spacial score (nSPS) is 11.0. The van der Waals surface area contributed by atoms with Gasteiger partial charge in [0.25, 0.3) is 0 Å². The van der Waals surface area contributed by atoms with E-state index >= 15 is 0 Å². The van der Waals surface area contributed by atoms with Crippen molar-refractivity contribution < 1.29 is 4.39 Å². The summed E-state index contributed by atoms with van der Waals surface area (Å²) in [6.45, 7) is 1.50. The molecule has 0 radical (unpaired) electrons. The molecule has 0 aliphatic carbocycles. The van der Waals surface area contributed by atoms with Gasteiger partial charge < -0.3 is 0 Å². The Balaban J connectivity index is 2.08. The van der Waals surface area contributed by atoms with Crippen molar-refractivity contribution in [1.82, 2.24) is 4.90 Å². The van der Waals surface area contributed by atoms with Crippen LogP contribution in [0.25, 0.3) is 0 Å². The smallest absolute Gasteiger partial charge is 0.137 e. The van der Waals surface area contributed by atoms with E-state index in [9.17, 15) is 4.39 Å². The maximum Gasteiger partial charge on any atom is 0.137 e. The molecule has 0 heterocycles.